The first-order chi connectivity index (χ1) is 11.1. The number of ether oxygens (including phenoxy) is 1. The maximum Gasteiger partial charge on any atom is 0.0681 e. The largest absolute Gasteiger partial charge is 0.373 e. The summed E-state index contributed by atoms with van der Waals surface area (Å²) in [4.78, 5) is 0. The molecule has 23 heavy (non-hydrogen) atoms. The molecule has 2 rings (SSSR count). The molecular formula is C20H20Br2O. The summed E-state index contributed by atoms with van der Waals surface area (Å²) >= 11 is 7.12. The lowest BCUT2D eigenvalue weighted by Gasteiger charge is -2.07. The first-order valence-corrected chi connectivity index (χ1v) is 9.06. The van der Waals surface area contributed by atoms with E-state index in [0.717, 1.165) is 8.95 Å². The first kappa shape index (κ1) is 18.2. The molecule has 0 bridgehead atoms. The lowest BCUT2D eigenvalue weighted by Crippen LogP contribution is -1.99. The fourth-order valence-corrected chi connectivity index (χ4v) is 2.97. The van der Waals surface area contributed by atoms with E-state index in [-0.39, 0.29) is 0 Å². The van der Waals surface area contributed by atoms with Gasteiger partial charge in [-0.25, -0.2) is 0 Å². The van der Waals surface area contributed by atoms with Crippen LogP contribution < -0.4 is 0 Å². The Labute approximate surface area is 155 Å². The van der Waals surface area contributed by atoms with Crippen molar-refractivity contribution < 1.29 is 4.74 Å². The smallest absolute Gasteiger partial charge is 0.0681 e. The zero-order valence-corrected chi connectivity index (χ0v) is 16.5. The van der Waals surface area contributed by atoms with Gasteiger partial charge in [-0.2, -0.15) is 0 Å². The van der Waals surface area contributed by atoms with Crippen LogP contribution in [0.3, 0.4) is 0 Å². The highest BCUT2D eigenvalue weighted by molar-refractivity contribution is 9.10. The lowest BCUT2D eigenvalue weighted by molar-refractivity contribution is 0.181. The summed E-state index contributed by atoms with van der Waals surface area (Å²) in [5.74, 6) is 0. The average Bonchev–Trinajstić information content (AvgIpc) is 2.52. The Bertz CT molecular complexity index is 656. The molecule has 120 valence electrons. The molecule has 2 aromatic carbocycles. The van der Waals surface area contributed by atoms with Gasteiger partial charge in [0, 0.05) is 8.95 Å². The maximum absolute atomic E-state index is 5.81. The molecule has 0 saturated heterocycles. The standard InChI is InChI=1S/C20H20Br2O/c1-15(11-17-7-3-5-9-19(17)21)13-23-14-16(2)12-18-8-4-6-10-20(18)22/h3-12H,13-14H2,1-2H3. The van der Waals surface area contributed by atoms with Crippen LogP contribution in [0.1, 0.15) is 25.0 Å². The van der Waals surface area contributed by atoms with E-state index < -0.39 is 0 Å². The van der Waals surface area contributed by atoms with Crippen LogP contribution >= 0.6 is 31.9 Å². The zero-order valence-electron chi connectivity index (χ0n) is 13.4. The van der Waals surface area contributed by atoms with Crippen molar-refractivity contribution in [3.63, 3.8) is 0 Å². The number of halogens is 2. The van der Waals surface area contributed by atoms with E-state index in [4.69, 9.17) is 4.74 Å². The molecule has 0 aliphatic rings. The Kier molecular flexibility index (Phi) is 7.28. The van der Waals surface area contributed by atoms with Crippen molar-refractivity contribution in [1.29, 1.82) is 0 Å². The Morgan fingerprint density at radius 1 is 0.783 bits per heavy atom. The summed E-state index contributed by atoms with van der Waals surface area (Å²) in [6.45, 7) is 5.43. The molecule has 0 N–H and O–H groups in total. The molecule has 0 heterocycles. The van der Waals surface area contributed by atoms with Crippen LogP contribution in [0, 0.1) is 0 Å². The van der Waals surface area contributed by atoms with Crippen LogP contribution in [-0.2, 0) is 4.74 Å². The van der Waals surface area contributed by atoms with Crippen molar-refractivity contribution in [3.8, 4) is 0 Å². The quantitative estimate of drug-likeness (QED) is 0.488. The predicted octanol–water partition coefficient (Wildman–Crippen LogP) is 6.74. The SMILES string of the molecule is CC(=Cc1ccccc1Br)COCC(C)=Cc1ccccc1Br. The van der Waals surface area contributed by atoms with E-state index in [1.165, 1.54) is 22.3 Å². The highest BCUT2D eigenvalue weighted by Gasteiger charge is 1.99. The molecular weight excluding hydrogens is 416 g/mol. The van der Waals surface area contributed by atoms with Crippen molar-refractivity contribution in [3.05, 3.63) is 79.7 Å². The highest BCUT2D eigenvalue weighted by atomic mass is 79.9. The van der Waals surface area contributed by atoms with Gasteiger partial charge in [0.2, 0.25) is 0 Å². The molecule has 0 saturated carbocycles. The fraction of sp³-hybridized carbons (Fsp3) is 0.200. The molecule has 0 aliphatic heterocycles. The Hall–Kier alpha value is -1.16. The summed E-state index contributed by atoms with van der Waals surface area (Å²) < 4.78 is 8.02. The van der Waals surface area contributed by atoms with E-state index in [1.807, 2.05) is 36.4 Å². The van der Waals surface area contributed by atoms with E-state index >= 15 is 0 Å². The van der Waals surface area contributed by atoms with Crippen molar-refractivity contribution in [2.75, 3.05) is 13.2 Å². The van der Waals surface area contributed by atoms with Gasteiger partial charge in [0.25, 0.3) is 0 Å². The molecule has 1 nitrogen and oxygen atoms in total. The Morgan fingerprint density at radius 2 is 1.17 bits per heavy atom. The van der Waals surface area contributed by atoms with Gasteiger partial charge in [0.1, 0.15) is 0 Å². The second kappa shape index (κ2) is 9.21. The van der Waals surface area contributed by atoms with Crippen LogP contribution in [0.4, 0.5) is 0 Å². The van der Waals surface area contributed by atoms with Gasteiger partial charge >= 0.3 is 0 Å². The summed E-state index contributed by atoms with van der Waals surface area (Å²) in [7, 11) is 0. The third-order valence-electron chi connectivity index (χ3n) is 3.27. The molecule has 0 spiro atoms. The molecule has 0 amide bonds. The zero-order chi connectivity index (χ0) is 16.7. The topological polar surface area (TPSA) is 9.23 Å². The van der Waals surface area contributed by atoms with Gasteiger partial charge in [-0.1, -0.05) is 80.4 Å². The van der Waals surface area contributed by atoms with Gasteiger partial charge in [0.05, 0.1) is 13.2 Å². The van der Waals surface area contributed by atoms with Crippen molar-refractivity contribution in [2.24, 2.45) is 0 Å². The van der Waals surface area contributed by atoms with Crippen molar-refractivity contribution in [2.45, 2.75) is 13.8 Å². The van der Waals surface area contributed by atoms with Gasteiger partial charge in [0.15, 0.2) is 0 Å². The van der Waals surface area contributed by atoms with Crippen LogP contribution in [0.25, 0.3) is 12.2 Å². The number of hydrogen-bond acceptors (Lipinski definition) is 1. The number of hydrogen-bond donors (Lipinski definition) is 0. The number of rotatable bonds is 6. The third-order valence-corrected chi connectivity index (χ3v) is 4.72. The minimum absolute atomic E-state index is 0.627. The van der Waals surface area contributed by atoms with Gasteiger partial charge in [-0.3, -0.25) is 0 Å². The Morgan fingerprint density at radius 3 is 1.57 bits per heavy atom. The second-order valence-corrected chi connectivity index (χ2v) is 7.23. The summed E-state index contributed by atoms with van der Waals surface area (Å²) in [5.41, 5.74) is 4.75. The first-order valence-electron chi connectivity index (χ1n) is 7.47. The minimum atomic E-state index is 0.627. The van der Waals surface area contributed by atoms with Crippen LogP contribution in [0.2, 0.25) is 0 Å². The van der Waals surface area contributed by atoms with E-state index in [9.17, 15) is 0 Å². The van der Waals surface area contributed by atoms with Crippen LogP contribution in [0.15, 0.2) is 68.6 Å². The lowest BCUT2D eigenvalue weighted by atomic mass is 10.1. The molecule has 0 aromatic heterocycles. The summed E-state index contributed by atoms with van der Waals surface area (Å²) in [6, 6.07) is 16.4. The van der Waals surface area contributed by atoms with Crippen LogP contribution in [0.5, 0.6) is 0 Å². The average molecular weight is 436 g/mol. The molecule has 3 heteroatoms. The Balaban J connectivity index is 1.89. The molecule has 0 radical (unpaired) electrons. The van der Waals surface area contributed by atoms with E-state index in [0.29, 0.717) is 13.2 Å². The van der Waals surface area contributed by atoms with Crippen molar-refractivity contribution in [1.82, 2.24) is 0 Å². The minimum Gasteiger partial charge on any atom is -0.373 e. The highest BCUT2D eigenvalue weighted by Crippen LogP contribution is 2.20. The molecule has 0 aliphatic carbocycles. The number of benzene rings is 2. The molecule has 2 aromatic rings. The molecule has 0 atom stereocenters. The van der Waals surface area contributed by atoms with Crippen LogP contribution in [-0.4, -0.2) is 13.2 Å². The fourth-order valence-electron chi connectivity index (χ4n) is 2.17. The maximum atomic E-state index is 5.81. The van der Waals surface area contributed by atoms with Gasteiger partial charge < -0.3 is 4.74 Å². The van der Waals surface area contributed by atoms with E-state index in [1.54, 1.807) is 0 Å². The normalized spacial score (nSPS) is 12.5. The monoisotopic (exact) mass is 434 g/mol. The summed E-state index contributed by atoms with van der Waals surface area (Å²) in [5, 5.41) is 0. The van der Waals surface area contributed by atoms with E-state index in [2.05, 4.69) is 70.0 Å². The van der Waals surface area contributed by atoms with Gasteiger partial charge in [-0.05, 0) is 48.3 Å². The van der Waals surface area contributed by atoms with Gasteiger partial charge in [-0.15, -0.1) is 0 Å². The summed E-state index contributed by atoms with van der Waals surface area (Å²) in [6.07, 6.45) is 4.30. The van der Waals surface area contributed by atoms with Crippen molar-refractivity contribution >= 4 is 44.0 Å². The third kappa shape index (κ3) is 6.09. The second-order valence-electron chi connectivity index (χ2n) is 5.52. The molecule has 0 unspecified atom stereocenters. The molecule has 0 fully saturated rings. The predicted molar refractivity (Wildman–Crippen MR) is 106 cm³/mol.